The van der Waals surface area contributed by atoms with Crippen LogP contribution in [0.3, 0.4) is 0 Å². The van der Waals surface area contributed by atoms with Crippen molar-refractivity contribution in [1.29, 1.82) is 0 Å². The number of hydrogen-bond donors (Lipinski definition) is 2. The van der Waals surface area contributed by atoms with Gasteiger partial charge in [-0.3, -0.25) is 0 Å². The van der Waals surface area contributed by atoms with Crippen LogP contribution >= 0.6 is 0 Å². The second kappa shape index (κ2) is 42.1. The van der Waals surface area contributed by atoms with E-state index in [9.17, 15) is 0 Å². The van der Waals surface area contributed by atoms with Gasteiger partial charge in [0.2, 0.25) is 0 Å². The molecule has 0 aromatic heterocycles. The molecule has 0 amide bonds. The number of allylic oxidation sites excluding steroid dienone is 5. The van der Waals surface area contributed by atoms with Crippen LogP contribution < -0.4 is 11.5 Å². The fourth-order valence-corrected chi connectivity index (χ4v) is 3.09. The van der Waals surface area contributed by atoms with Gasteiger partial charge in [-0.15, -0.1) is 0 Å². The first-order valence-corrected chi connectivity index (χ1v) is 14.7. The summed E-state index contributed by atoms with van der Waals surface area (Å²) in [5.74, 6) is 0.791. The molecule has 1 saturated carbocycles. The standard InChI is InChI=1S/C12H21N.C6H13N.C6H10.4C2H6/c1-3-10(2)8-11-6-4-5-7-12(11)9-13;7-6-4-2-1-3-5-6;1-3-5-6-4-2;4*1-2/h6-7,10H,3-5,8-9,13H2,1-2H3;6H,1-5,7H2;3,5-6H,1,4H2,2H3;4*1-2H3/b;;6-5-;;;;. The summed E-state index contributed by atoms with van der Waals surface area (Å²) in [5, 5.41) is 0. The van der Waals surface area contributed by atoms with Gasteiger partial charge in [0.15, 0.2) is 0 Å². The second-order valence-corrected chi connectivity index (χ2v) is 7.43. The third-order valence-corrected chi connectivity index (χ3v) is 5.00. The lowest BCUT2D eigenvalue weighted by molar-refractivity contribution is 0.441. The van der Waals surface area contributed by atoms with Crippen molar-refractivity contribution in [3.05, 3.63) is 48.1 Å². The van der Waals surface area contributed by atoms with Gasteiger partial charge in [0.25, 0.3) is 0 Å². The molecule has 1 unspecified atom stereocenters. The molecule has 2 nitrogen and oxygen atoms in total. The first kappa shape index (κ1) is 43.0. The van der Waals surface area contributed by atoms with Crippen molar-refractivity contribution in [2.45, 2.75) is 146 Å². The Morgan fingerprint density at radius 3 is 1.65 bits per heavy atom. The van der Waals surface area contributed by atoms with E-state index in [1.165, 1.54) is 68.9 Å². The van der Waals surface area contributed by atoms with Crippen LogP contribution in [-0.4, -0.2) is 12.6 Å². The molecule has 0 spiro atoms. The molecule has 0 heterocycles. The highest BCUT2D eigenvalue weighted by atomic mass is 14.6. The molecule has 0 radical (unpaired) electrons. The van der Waals surface area contributed by atoms with Crippen LogP contribution in [-0.2, 0) is 0 Å². The summed E-state index contributed by atoms with van der Waals surface area (Å²) in [6.45, 7) is 26.9. The summed E-state index contributed by atoms with van der Waals surface area (Å²) >= 11 is 0. The van der Waals surface area contributed by atoms with E-state index in [0.29, 0.717) is 12.6 Å². The second-order valence-electron chi connectivity index (χ2n) is 7.43. The van der Waals surface area contributed by atoms with E-state index in [2.05, 4.69) is 45.6 Å². The molecule has 0 bridgehead atoms. The zero-order valence-electron chi connectivity index (χ0n) is 25.7. The SMILES string of the molecule is C=C/C=C\CC.CC.CC.CC.CC.CCC(C)CC1=CCCC=C1CN.NC1CCCCC1. The summed E-state index contributed by atoms with van der Waals surface area (Å²) in [6.07, 6.45) is 23.1. The minimum Gasteiger partial charge on any atom is -0.328 e. The quantitative estimate of drug-likeness (QED) is 0.371. The van der Waals surface area contributed by atoms with Crippen LogP contribution in [0.2, 0.25) is 0 Å². The lowest BCUT2D eigenvalue weighted by atomic mass is 9.89. The third kappa shape index (κ3) is 33.1. The maximum Gasteiger partial charge on any atom is 0.0177 e. The highest BCUT2D eigenvalue weighted by Crippen LogP contribution is 2.25. The molecule has 4 N–H and O–H groups in total. The van der Waals surface area contributed by atoms with Gasteiger partial charge in [-0.2, -0.15) is 0 Å². The smallest absolute Gasteiger partial charge is 0.0177 e. The zero-order chi connectivity index (χ0) is 27.6. The Morgan fingerprint density at radius 2 is 1.35 bits per heavy atom. The molecule has 2 aliphatic carbocycles. The highest BCUT2D eigenvalue weighted by Gasteiger charge is 2.10. The molecular formula is C32H68N2. The van der Waals surface area contributed by atoms with E-state index in [0.717, 1.165) is 12.3 Å². The van der Waals surface area contributed by atoms with Gasteiger partial charge in [0, 0.05) is 12.6 Å². The lowest BCUT2D eigenvalue weighted by Crippen LogP contribution is -2.22. The summed E-state index contributed by atoms with van der Waals surface area (Å²) in [4.78, 5) is 0. The molecule has 0 saturated heterocycles. The molecular weight excluding hydrogens is 412 g/mol. The number of nitrogens with two attached hydrogens (primary N) is 2. The molecule has 34 heavy (non-hydrogen) atoms. The van der Waals surface area contributed by atoms with Crippen molar-refractivity contribution in [3.8, 4) is 0 Å². The van der Waals surface area contributed by atoms with E-state index >= 15 is 0 Å². The van der Waals surface area contributed by atoms with Crippen molar-refractivity contribution in [3.63, 3.8) is 0 Å². The van der Waals surface area contributed by atoms with Crippen molar-refractivity contribution < 1.29 is 0 Å². The van der Waals surface area contributed by atoms with Gasteiger partial charge in [0.1, 0.15) is 0 Å². The van der Waals surface area contributed by atoms with Crippen molar-refractivity contribution in [1.82, 2.24) is 0 Å². The molecule has 0 aliphatic heterocycles. The predicted molar refractivity (Wildman–Crippen MR) is 165 cm³/mol. The van der Waals surface area contributed by atoms with Crippen LogP contribution in [0, 0.1) is 5.92 Å². The Balaban J connectivity index is -0.000000114. The van der Waals surface area contributed by atoms with Gasteiger partial charge in [0.05, 0.1) is 0 Å². The van der Waals surface area contributed by atoms with E-state index in [1.54, 1.807) is 6.08 Å². The van der Waals surface area contributed by atoms with Crippen LogP contribution in [0.1, 0.15) is 140 Å². The molecule has 2 aliphatic rings. The van der Waals surface area contributed by atoms with Crippen molar-refractivity contribution in [2.24, 2.45) is 17.4 Å². The number of rotatable bonds is 6. The fraction of sp³-hybridized carbons (Fsp3) is 0.750. The Labute approximate surface area is 218 Å². The Kier molecular flexibility index (Phi) is 53.2. The van der Waals surface area contributed by atoms with Gasteiger partial charge in [-0.1, -0.05) is 139 Å². The van der Waals surface area contributed by atoms with E-state index in [4.69, 9.17) is 11.5 Å². The monoisotopic (exact) mass is 481 g/mol. The maximum atomic E-state index is 5.70. The van der Waals surface area contributed by atoms with Crippen LogP contribution in [0.25, 0.3) is 0 Å². The fourth-order valence-electron chi connectivity index (χ4n) is 3.09. The van der Waals surface area contributed by atoms with Crippen LogP contribution in [0.15, 0.2) is 48.1 Å². The average Bonchev–Trinajstić information content (AvgIpc) is 2.93. The lowest BCUT2D eigenvalue weighted by Gasteiger charge is -2.17. The van der Waals surface area contributed by atoms with Crippen LogP contribution in [0.5, 0.6) is 0 Å². The van der Waals surface area contributed by atoms with Gasteiger partial charge in [-0.25, -0.2) is 0 Å². The minimum absolute atomic E-state index is 0.536. The molecule has 1 atom stereocenters. The molecule has 2 rings (SSSR count). The van der Waals surface area contributed by atoms with Gasteiger partial charge < -0.3 is 11.5 Å². The zero-order valence-corrected chi connectivity index (χ0v) is 25.7. The third-order valence-electron chi connectivity index (χ3n) is 5.00. The number of hydrogen-bond acceptors (Lipinski definition) is 2. The topological polar surface area (TPSA) is 52.0 Å². The maximum absolute atomic E-state index is 5.70. The Bertz CT molecular complexity index is 426. The van der Waals surface area contributed by atoms with Crippen LogP contribution in [0.4, 0.5) is 0 Å². The van der Waals surface area contributed by atoms with E-state index in [-0.39, 0.29) is 0 Å². The normalized spacial score (nSPS) is 15.0. The van der Waals surface area contributed by atoms with Gasteiger partial charge >= 0.3 is 0 Å². The summed E-state index contributed by atoms with van der Waals surface area (Å²) in [6, 6.07) is 0.536. The molecule has 0 aromatic carbocycles. The first-order chi connectivity index (χ1) is 16.6. The van der Waals surface area contributed by atoms with E-state index in [1.807, 2.05) is 61.5 Å². The Hall–Kier alpha value is -1.12. The minimum atomic E-state index is 0.536. The van der Waals surface area contributed by atoms with Gasteiger partial charge in [-0.05, 0) is 55.6 Å². The van der Waals surface area contributed by atoms with Crippen molar-refractivity contribution >= 4 is 0 Å². The molecule has 0 aromatic rings. The predicted octanol–water partition coefficient (Wildman–Crippen LogP) is 10.5. The largest absolute Gasteiger partial charge is 0.328 e. The van der Waals surface area contributed by atoms with E-state index < -0.39 is 0 Å². The summed E-state index contributed by atoms with van der Waals surface area (Å²) in [7, 11) is 0. The van der Waals surface area contributed by atoms with Crippen molar-refractivity contribution in [2.75, 3.05) is 6.54 Å². The molecule has 1 fully saturated rings. The molecule has 206 valence electrons. The molecule has 2 heteroatoms. The summed E-state index contributed by atoms with van der Waals surface area (Å²) < 4.78 is 0. The Morgan fingerprint density at radius 1 is 0.882 bits per heavy atom. The summed E-state index contributed by atoms with van der Waals surface area (Å²) in [5.41, 5.74) is 14.2. The highest BCUT2D eigenvalue weighted by molar-refractivity contribution is 5.34. The first-order valence-electron chi connectivity index (χ1n) is 14.7. The average molecular weight is 481 g/mol.